The van der Waals surface area contributed by atoms with Gasteiger partial charge >= 0.3 is 0 Å². The molecule has 0 atom stereocenters. The van der Waals surface area contributed by atoms with E-state index in [4.69, 9.17) is 0 Å². The first kappa shape index (κ1) is 17.2. The number of hydrogen-bond acceptors (Lipinski definition) is 4. The first-order valence-corrected chi connectivity index (χ1v) is 8.99. The Morgan fingerprint density at radius 3 is 2.68 bits per heavy atom. The van der Waals surface area contributed by atoms with E-state index in [0.29, 0.717) is 22.8 Å². The monoisotopic (exact) mass is 352 g/mol. The molecule has 0 bridgehead atoms. The molecule has 0 unspecified atom stereocenters. The molecule has 0 aliphatic carbocycles. The Morgan fingerprint density at radius 1 is 1.20 bits per heavy atom. The van der Waals surface area contributed by atoms with Crippen LogP contribution >= 0.6 is 11.3 Å². The maximum atomic E-state index is 12.2. The van der Waals surface area contributed by atoms with E-state index in [-0.39, 0.29) is 11.7 Å². The summed E-state index contributed by atoms with van der Waals surface area (Å²) in [6, 6.07) is 13.2. The van der Waals surface area contributed by atoms with Crippen LogP contribution in [-0.2, 0) is 0 Å². The highest BCUT2D eigenvalue weighted by molar-refractivity contribution is 7.10. The minimum absolute atomic E-state index is 0.172. The Bertz CT molecular complexity index is 957. The van der Waals surface area contributed by atoms with Gasteiger partial charge in [0.1, 0.15) is 5.75 Å². The molecule has 0 spiro atoms. The largest absolute Gasteiger partial charge is 0.507 e. The molecule has 5 heteroatoms. The molecule has 1 amide bonds. The number of thiophene rings is 1. The number of aromatic hydroxyl groups is 1. The number of fused-ring (bicyclic) bond motifs is 1. The fraction of sp³-hybridized carbons (Fsp3) is 0.200. The Labute approximate surface area is 150 Å². The third-order valence-electron chi connectivity index (χ3n) is 4.07. The average Bonchev–Trinajstić information content (AvgIpc) is 3.10. The highest BCUT2D eigenvalue weighted by atomic mass is 32.1. The minimum Gasteiger partial charge on any atom is -0.507 e. The lowest BCUT2D eigenvalue weighted by molar-refractivity contribution is 0.0955. The number of carbonyl (C=O) groups is 1. The normalized spacial score (nSPS) is 11.9. The second-order valence-electron chi connectivity index (χ2n) is 6.21. The van der Waals surface area contributed by atoms with Gasteiger partial charge in [-0.2, -0.15) is 5.10 Å². The highest BCUT2D eigenvalue weighted by Gasteiger charge is 2.12. The minimum atomic E-state index is -0.247. The lowest BCUT2D eigenvalue weighted by atomic mass is 10.0. The molecule has 0 radical (unpaired) electrons. The molecule has 3 rings (SSSR count). The molecule has 0 aliphatic rings. The van der Waals surface area contributed by atoms with Gasteiger partial charge in [0, 0.05) is 21.2 Å². The number of phenolic OH excluding ortho intramolecular Hbond substituents is 1. The molecule has 2 aromatic carbocycles. The molecular formula is C20H20N2O2S. The maximum Gasteiger partial charge on any atom is 0.272 e. The topological polar surface area (TPSA) is 61.7 Å². The zero-order valence-electron chi connectivity index (χ0n) is 14.4. The van der Waals surface area contributed by atoms with E-state index < -0.39 is 0 Å². The molecule has 128 valence electrons. The van der Waals surface area contributed by atoms with Crippen molar-refractivity contribution in [3.05, 3.63) is 63.8 Å². The Kier molecular flexibility index (Phi) is 4.86. The molecule has 0 aliphatic heterocycles. The van der Waals surface area contributed by atoms with E-state index in [1.165, 1.54) is 0 Å². The predicted molar refractivity (Wildman–Crippen MR) is 104 cm³/mol. The van der Waals surface area contributed by atoms with Crippen molar-refractivity contribution in [2.24, 2.45) is 5.10 Å². The summed E-state index contributed by atoms with van der Waals surface area (Å²) in [6.07, 6.45) is 0. The number of hydrazone groups is 1. The summed E-state index contributed by atoms with van der Waals surface area (Å²) in [6.45, 7) is 5.95. The Balaban J connectivity index is 1.81. The van der Waals surface area contributed by atoms with Gasteiger partial charge in [-0.15, -0.1) is 11.3 Å². The van der Waals surface area contributed by atoms with Crippen LogP contribution in [0, 0.1) is 0 Å². The van der Waals surface area contributed by atoms with Crippen LogP contribution in [0.3, 0.4) is 0 Å². The van der Waals surface area contributed by atoms with Gasteiger partial charge in [0.2, 0.25) is 0 Å². The summed E-state index contributed by atoms with van der Waals surface area (Å²) in [5.74, 6) is 0.320. The van der Waals surface area contributed by atoms with Gasteiger partial charge in [-0.1, -0.05) is 44.2 Å². The van der Waals surface area contributed by atoms with Crippen LogP contribution in [0.4, 0.5) is 0 Å². The molecule has 4 nitrogen and oxygen atoms in total. The summed E-state index contributed by atoms with van der Waals surface area (Å²) in [4.78, 5) is 13.4. The summed E-state index contributed by atoms with van der Waals surface area (Å²) in [5.41, 5.74) is 4.33. The summed E-state index contributed by atoms with van der Waals surface area (Å²) >= 11 is 1.57. The number of hydrogen-bond donors (Lipinski definition) is 2. The first-order chi connectivity index (χ1) is 12.0. The lowest BCUT2D eigenvalue weighted by Crippen LogP contribution is -2.18. The molecule has 3 aromatic rings. The molecule has 1 aromatic heterocycles. The summed E-state index contributed by atoms with van der Waals surface area (Å²) in [5, 5.41) is 18.2. The Morgan fingerprint density at radius 2 is 1.96 bits per heavy atom. The molecule has 0 saturated carbocycles. The van der Waals surface area contributed by atoms with E-state index in [2.05, 4.69) is 24.4 Å². The molecule has 1 heterocycles. The van der Waals surface area contributed by atoms with E-state index in [1.54, 1.807) is 18.3 Å². The van der Waals surface area contributed by atoms with Crippen molar-refractivity contribution in [1.82, 2.24) is 5.43 Å². The van der Waals surface area contributed by atoms with Crippen molar-refractivity contribution in [2.75, 3.05) is 0 Å². The number of rotatable bonds is 4. The molecule has 2 N–H and O–H groups in total. The van der Waals surface area contributed by atoms with Crippen LogP contribution < -0.4 is 5.43 Å². The number of carbonyl (C=O) groups excluding carboxylic acids is 1. The van der Waals surface area contributed by atoms with E-state index in [9.17, 15) is 9.90 Å². The predicted octanol–water partition coefficient (Wildman–Crippen LogP) is 4.88. The number of benzene rings is 2. The fourth-order valence-electron chi connectivity index (χ4n) is 2.58. The smallest absolute Gasteiger partial charge is 0.272 e. The second-order valence-corrected chi connectivity index (χ2v) is 7.16. The van der Waals surface area contributed by atoms with E-state index in [0.717, 1.165) is 15.6 Å². The zero-order valence-corrected chi connectivity index (χ0v) is 15.2. The zero-order chi connectivity index (χ0) is 18.0. The SMILES string of the molecule is CC(=NNC(=O)c1csc(C(C)C)c1)c1ccc2ccccc2c1O. The van der Waals surface area contributed by atoms with Crippen molar-refractivity contribution in [2.45, 2.75) is 26.7 Å². The van der Waals surface area contributed by atoms with Gasteiger partial charge in [0.15, 0.2) is 0 Å². The van der Waals surface area contributed by atoms with Crippen molar-refractivity contribution in [3.63, 3.8) is 0 Å². The summed E-state index contributed by atoms with van der Waals surface area (Å²) in [7, 11) is 0. The number of nitrogens with one attached hydrogen (secondary N) is 1. The number of nitrogens with zero attached hydrogens (tertiary/aromatic N) is 1. The maximum absolute atomic E-state index is 12.2. The quantitative estimate of drug-likeness (QED) is 0.519. The van der Waals surface area contributed by atoms with Gasteiger partial charge in [0.05, 0.1) is 11.3 Å². The van der Waals surface area contributed by atoms with Crippen molar-refractivity contribution >= 4 is 33.7 Å². The van der Waals surface area contributed by atoms with Gasteiger partial charge in [0.25, 0.3) is 5.91 Å². The van der Waals surface area contributed by atoms with Crippen molar-refractivity contribution < 1.29 is 9.90 Å². The fourth-order valence-corrected chi connectivity index (χ4v) is 3.49. The number of amides is 1. The second kappa shape index (κ2) is 7.07. The van der Waals surface area contributed by atoms with Crippen LogP contribution in [0.2, 0.25) is 0 Å². The summed E-state index contributed by atoms with van der Waals surface area (Å²) < 4.78 is 0. The van der Waals surface area contributed by atoms with Crippen molar-refractivity contribution in [1.29, 1.82) is 0 Å². The van der Waals surface area contributed by atoms with Gasteiger partial charge in [-0.25, -0.2) is 5.43 Å². The first-order valence-electron chi connectivity index (χ1n) is 8.11. The van der Waals surface area contributed by atoms with Gasteiger partial charge < -0.3 is 5.11 Å². The number of phenols is 1. The average molecular weight is 352 g/mol. The third kappa shape index (κ3) is 3.56. The van der Waals surface area contributed by atoms with Crippen LogP contribution in [-0.4, -0.2) is 16.7 Å². The molecule has 0 saturated heterocycles. The standard InChI is InChI=1S/C20H20N2O2S/c1-12(2)18-10-15(11-25-18)20(24)22-21-13(3)16-9-8-14-6-4-5-7-17(14)19(16)23/h4-12,23H,1-3H3,(H,22,24). The van der Waals surface area contributed by atoms with Gasteiger partial charge in [-0.3, -0.25) is 4.79 Å². The van der Waals surface area contributed by atoms with Gasteiger partial charge in [-0.05, 0) is 30.4 Å². The van der Waals surface area contributed by atoms with Crippen LogP contribution in [0.1, 0.15) is 47.5 Å². The van der Waals surface area contributed by atoms with E-state index >= 15 is 0 Å². The highest BCUT2D eigenvalue weighted by Crippen LogP contribution is 2.29. The Hall–Kier alpha value is -2.66. The lowest BCUT2D eigenvalue weighted by Gasteiger charge is -2.08. The van der Waals surface area contributed by atoms with Crippen LogP contribution in [0.5, 0.6) is 5.75 Å². The van der Waals surface area contributed by atoms with Crippen molar-refractivity contribution in [3.8, 4) is 5.75 Å². The van der Waals surface area contributed by atoms with Crippen LogP contribution in [0.25, 0.3) is 10.8 Å². The molecule has 25 heavy (non-hydrogen) atoms. The molecular weight excluding hydrogens is 332 g/mol. The molecule has 0 fully saturated rings. The van der Waals surface area contributed by atoms with Crippen LogP contribution in [0.15, 0.2) is 52.9 Å². The van der Waals surface area contributed by atoms with E-state index in [1.807, 2.05) is 47.8 Å². The third-order valence-corrected chi connectivity index (χ3v) is 5.30.